The van der Waals surface area contributed by atoms with Crippen molar-refractivity contribution in [3.05, 3.63) is 95.6 Å². The summed E-state index contributed by atoms with van der Waals surface area (Å²) in [5, 5.41) is 9.19. The number of aromatic nitrogens is 3. The van der Waals surface area contributed by atoms with Crippen molar-refractivity contribution in [2.45, 2.75) is 24.0 Å². The van der Waals surface area contributed by atoms with Crippen LogP contribution in [0.5, 0.6) is 0 Å². The molecule has 4 rings (SSSR count). The standard InChI is InChI=1S/C23H18F3N3S/c1-16-8-7-10-17(14-16)21-27-28-22(29(21)19-11-3-2-4-12-19)30-15-18-9-5-6-13-20(18)23(24,25)26/h2-14H,15H2,1H3. The van der Waals surface area contributed by atoms with Gasteiger partial charge in [0.15, 0.2) is 11.0 Å². The minimum Gasteiger partial charge on any atom is -0.270 e. The summed E-state index contributed by atoms with van der Waals surface area (Å²) in [4.78, 5) is 0. The number of aryl methyl sites for hydroxylation is 1. The molecule has 0 aliphatic rings. The largest absolute Gasteiger partial charge is 0.416 e. The third-order valence-corrected chi connectivity index (χ3v) is 5.58. The van der Waals surface area contributed by atoms with Gasteiger partial charge >= 0.3 is 6.18 Å². The molecule has 0 amide bonds. The molecule has 3 nitrogen and oxygen atoms in total. The lowest BCUT2D eigenvalue weighted by Gasteiger charge is -2.13. The van der Waals surface area contributed by atoms with E-state index < -0.39 is 11.7 Å². The van der Waals surface area contributed by atoms with E-state index in [9.17, 15) is 13.2 Å². The molecule has 0 aliphatic carbocycles. The maximum absolute atomic E-state index is 13.3. The van der Waals surface area contributed by atoms with Crippen LogP contribution >= 0.6 is 11.8 Å². The van der Waals surface area contributed by atoms with Gasteiger partial charge in [0, 0.05) is 17.0 Å². The number of para-hydroxylation sites is 1. The van der Waals surface area contributed by atoms with E-state index in [2.05, 4.69) is 10.2 Å². The van der Waals surface area contributed by atoms with Crippen LogP contribution in [-0.4, -0.2) is 14.8 Å². The number of hydrogen-bond acceptors (Lipinski definition) is 3. The van der Waals surface area contributed by atoms with Gasteiger partial charge in [0.25, 0.3) is 0 Å². The number of thioether (sulfide) groups is 1. The Labute approximate surface area is 176 Å². The molecule has 0 spiro atoms. The zero-order chi connectivity index (χ0) is 21.1. The Morgan fingerprint density at radius 2 is 1.60 bits per heavy atom. The van der Waals surface area contributed by atoms with E-state index in [1.54, 1.807) is 6.07 Å². The normalized spacial score (nSPS) is 11.6. The van der Waals surface area contributed by atoms with Gasteiger partial charge in [-0.25, -0.2) is 0 Å². The molecule has 0 saturated carbocycles. The molecule has 0 fully saturated rings. The summed E-state index contributed by atoms with van der Waals surface area (Å²) >= 11 is 1.23. The first-order chi connectivity index (χ1) is 14.4. The first-order valence-electron chi connectivity index (χ1n) is 9.29. The number of hydrogen-bond donors (Lipinski definition) is 0. The summed E-state index contributed by atoms with van der Waals surface area (Å²) in [6.45, 7) is 2.00. The van der Waals surface area contributed by atoms with E-state index in [0.29, 0.717) is 11.0 Å². The minimum atomic E-state index is -4.39. The van der Waals surface area contributed by atoms with E-state index in [1.165, 1.54) is 23.9 Å². The predicted octanol–water partition coefficient (Wildman–Crippen LogP) is 6.55. The van der Waals surface area contributed by atoms with Crippen LogP contribution in [0.2, 0.25) is 0 Å². The quantitative estimate of drug-likeness (QED) is 0.340. The minimum absolute atomic E-state index is 0.133. The highest BCUT2D eigenvalue weighted by Gasteiger charge is 2.33. The molecule has 0 saturated heterocycles. The van der Waals surface area contributed by atoms with Gasteiger partial charge in [-0.15, -0.1) is 10.2 Å². The van der Waals surface area contributed by atoms with Crippen molar-refractivity contribution in [3.8, 4) is 17.1 Å². The lowest BCUT2D eigenvalue weighted by molar-refractivity contribution is -0.138. The Balaban J connectivity index is 1.73. The molecular formula is C23H18F3N3S. The maximum atomic E-state index is 13.3. The van der Waals surface area contributed by atoms with Crippen molar-refractivity contribution >= 4 is 11.8 Å². The second-order valence-electron chi connectivity index (χ2n) is 6.79. The van der Waals surface area contributed by atoms with Crippen LogP contribution in [-0.2, 0) is 11.9 Å². The topological polar surface area (TPSA) is 30.7 Å². The van der Waals surface area contributed by atoms with Crippen LogP contribution in [0.1, 0.15) is 16.7 Å². The second kappa shape index (κ2) is 8.36. The molecule has 0 N–H and O–H groups in total. The van der Waals surface area contributed by atoms with E-state index in [1.807, 2.05) is 66.1 Å². The zero-order valence-electron chi connectivity index (χ0n) is 16.1. The van der Waals surface area contributed by atoms with E-state index in [4.69, 9.17) is 0 Å². The average Bonchev–Trinajstić information content (AvgIpc) is 3.16. The lowest BCUT2D eigenvalue weighted by Crippen LogP contribution is -2.08. The maximum Gasteiger partial charge on any atom is 0.416 e. The molecule has 3 aromatic carbocycles. The van der Waals surface area contributed by atoms with Gasteiger partial charge in [-0.3, -0.25) is 4.57 Å². The Bertz CT molecular complexity index is 1150. The van der Waals surface area contributed by atoms with Crippen molar-refractivity contribution < 1.29 is 13.2 Å². The SMILES string of the molecule is Cc1cccc(-c2nnc(SCc3ccccc3C(F)(F)F)n2-c2ccccc2)c1. The third-order valence-electron chi connectivity index (χ3n) is 4.60. The smallest absolute Gasteiger partial charge is 0.270 e. The van der Waals surface area contributed by atoms with E-state index >= 15 is 0 Å². The lowest BCUT2D eigenvalue weighted by atomic mass is 10.1. The molecule has 0 bridgehead atoms. The highest BCUT2D eigenvalue weighted by atomic mass is 32.2. The van der Waals surface area contributed by atoms with Gasteiger partial charge in [-0.2, -0.15) is 13.2 Å². The van der Waals surface area contributed by atoms with Gasteiger partial charge in [-0.05, 0) is 36.8 Å². The fourth-order valence-corrected chi connectivity index (χ4v) is 4.17. The molecule has 0 aliphatic heterocycles. The van der Waals surface area contributed by atoms with Crippen LogP contribution in [0.15, 0.2) is 84.0 Å². The van der Waals surface area contributed by atoms with Crippen molar-refractivity contribution in [1.29, 1.82) is 0 Å². The predicted molar refractivity (Wildman–Crippen MR) is 113 cm³/mol. The fraction of sp³-hybridized carbons (Fsp3) is 0.130. The molecule has 0 atom stereocenters. The molecule has 4 aromatic rings. The highest BCUT2D eigenvalue weighted by molar-refractivity contribution is 7.98. The molecule has 0 unspecified atom stereocenters. The van der Waals surface area contributed by atoms with Gasteiger partial charge in [-0.1, -0.05) is 71.9 Å². The number of nitrogens with zero attached hydrogens (tertiary/aromatic N) is 3. The number of alkyl halides is 3. The molecule has 152 valence electrons. The van der Waals surface area contributed by atoms with Crippen LogP contribution in [0, 0.1) is 6.92 Å². The number of halogens is 3. The molecule has 7 heteroatoms. The van der Waals surface area contributed by atoms with Gasteiger partial charge in [0.05, 0.1) is 5.56 Å². The van der Waals surface area contributed by atoms with Gasteiger partial charge < -0.3 is 0 Å². The van der Waals surface area contributed by atoms with Crippen molar-refractivity contribution in [2.75, 3.05) is 0 Å². The molecule has 0 radical (unpaired) electrons. The van der Waals surface area contributed by atoms with Crippen molar-refractivity contribution in [2.24, 2.45) is 0 Å². The van der Waals surface area contributed by atoms with E-state index in [-0.39, 0.29) is 11.3 Å². The molecule has 1 aromatic heterocycles. The third kappa shape index (κ3) is 4.26. The second-order valence-corrected chi connectivity index (χ2v) is 7.73. The average molecular weight is 425 g/mol. The summed E-state index contributed by atoms with van der Waals surface area (Å²) < 4.78 is 41.9. The Hall–Kier alpha value is -3.06. The zero-order valence-corrected chi connectivity index (χ0v) is 16.9. The summed E-state index contributed by atoms with van der Waals surface area (Å²) in [5.74, 6) is 0.783. The van der Waals surface area contributed by atoms with Gasteiger partial charge in [0.2, 0.25) is 0 Å². The molecular weight excluding hydrogens is 407 g/mol. The monoisotopic (exact) mass is 425 g/mol. The fourth-order valence-electron chi connectivity index (χ4n) is 3.21. The summed E-state index contributed by atoms with van der Waals surface area (Å²) in [5.41, 5.74) is 2.43. The first-order valence-corrected chi connectivity index (χ1v) is 10.3. The molecule has 1 heterocycles. The Morgan fingerprint density at radius 3 is 2.33 bits per heavy atom. The number of benzene rings is 3. The Kier molecular flexibility index (Phi) is 5.63. The van der Waals surface area contributed by atoms with Crippen LogP contribution in [0.4, 0.5) is 13.2 Å². The Morgan fingerprint density at radius 1 is 0.867 bits per heavy atom. The number of rotatable bonds is 5. The van der Waals surface area contributed by atoms with Crippen LogP contribution < -0.4 is 0 Å². The molecule has 30 heavy (non-hydrogen) atoms. The van der Waals surface area contributed by atoms with Crippen molar-refractivity contribution in [1.82, 2.24) is 14.8 Å². The summed E-state index contributed by atoms with van der Waals surface area (Å²) in [7, 11) is 0. The van der Waals surface area contributed by atoms with Crippen LogP contribution in [0.25, 0.3) is 17.1 Å². The summed E-state index contributed by atoms with van der Waals surface area (Å²) in [6.07, 6.45) is -4.39. The van der Waals surface area contributed by atoms with Crippen molar-refractivity contribution in [3.63, 3.8) is 0 Å². The van der Waals surface area contributed by atoms with Gasteiger partial charge in [0.1, 0.15) is 0 Å². The first kappa shape index (κ1) is 20.2. The van der Waals surface area contributed by atoms with Crippen LogP contribution in [0.3, 0.4) is 0 Å². The highest BCUT2D eigenvalue weighted by Crippen LogP contribution is 2.35. The van der Waals surface area contributed by atoms with E-state index in [0.717, 1.165) is 22.9 Å². The summed E-state index contributed by atoms with van der Waals surface area (Å²) in [6, 6.07) is 23.1.